The molecule has 0 saturated carbocycles. The molecule has 21 heavy (non-hydrogen) atoms. The highest BCUT2D eigenvalue weighted by molar-refractivity contribution is 7.93. The van der Waals surface area contributed by atoms with Crippen LogP contribution in [0.5, 0.6) is 0 Å². The van der Waals surface area contributed by atoms with E-state index in [0.717, 1.165) is 0 Å². The van der Waals surface area contributed by atoms with Crippen LogP contribution in [0.2, 0.25) is 0 Å². The van der Waals surface area contributed by atoms with E-state index in [0.29, 0.717) is 10.5 Å². The van der Waals surface area contributed by atoms with Gasteiger partial charge in [-0.3, -0.25) is 13.9 Å². The van der Waals surface area contributed by atoms with E-state index in [9.17, 15) is 9.00 Å². The average molecular weight is 304 g/mol. The maximum absolute atomic E-state index is 12.6. The fourth-order valence-corrected chi connectivity index (χ4v) is 2.98. The zero-order valence-electron chi connectivity index (χ0n) is 11.4. The van der Waals surface area contributed by atoms with E-state index in [2.05, 4.69) is 19.7 Å². The zero-order chi connectivity index (χ0) is 15.0. The van der Waals surface area contributed by atoms with Crippen molar-refractivity contribution in [3.8, 4) is 0 Å². The summed E-state index contributed by atoms with van der Waals surface area (Å²) in [5.74, 6) is -0.593. The second kappa shape index (κ2) is 4.77. The second-order valence-electron chi connectivity index (χ2n) is 4.53. The van der Waals surface area contributed by atoms with Gasteiger partial charge in [-0.05, 0) is 12.1 Å². The number of aromatic nitrogens is 5. The predicted octanol–water partition coefficient (Wildman–Crippen LogP) is 0.760. The van der Waals surface area contributed by atoms with Crippen LogP contribution in [-0.4, -0.2) is 40.8 Å². The Morgan fingerprint density at radius 3 is 2.95 bits per heavy atom. The van der Waals surface area contributed by atoms with Gasteiger partial charge < -0.3 is 0 Å². The first-order chi connectivity index (χ1) is 9.97. The monoisotopic (exact) mass is 304 g/mol. The van der Waals surface area contributed by atoms with E-state index >= 15 is 0 Å². The van der Waals surface area contributed by atoms with Crippen molar-refractivity contribution in [1.82, 2.24) is 24.4 Å². The van der Waals surface area contributed by atoms with Crippen LogP contribution < -0.4 is 0 Å². The second-order valence-corrected chi connectivity index (χ2v) is 6.79. The highest BCUT2D eigenvalue weighted by Crippen LogP contribution is 2.14. The minimum absolute atomic E-state index is 0.258. The van der Waals surface area contributed by atoms with Gasteiger partial charge in [-0.2, -0.15) is 9.46 Å². The summed E-state index contributed by atoms with van der Waals surface area (Å²) in [6.07, 6.45) is 7.63. The van der Waals surface area contributed by atoms with Crippen molar-refractivity contribution in [2.45, 2.75) is 4.90 Å². The van der Waals surface area contributed by atoms with Crippen LogP contribution in [0.25, 0.3) is 5.65 Å². The average Bonchev–Trinajstić information content (AvgIpc) is 3.05. The lowest BCUT2D eigenvalue weighted by Gasteiger charge is -2.01. The lowest BCUT2D eigenvalue weighted by Crippen LogP contribution is -2.05. The molecule has 3 heterocycles. The molecule has 0 N–H and O–H groups in total. The molecule has 1 atom stereocenters. The van der Waals surface area contributed by atoms with E-state index in [4.69, 9.17) is 0 Å². The number of hydrogen-bond donors (Lipinski definition) is 0. The van der Waals surface area contributed by atoms with Gasteiger partial charge in [0.15, 0.2) is 5.65 Å². The molecule has 0 aromatic carbocycles. The van der Waals surface area contributed by atoms with Crippen molar-refractivity contribution in [3.05, 3.63) is 42.6 Å². The smallest absolute Gasteiger partial charge is 0.288 e. The zero-order valence-corrected chi connectivity index (χ0v) is 12.2. The maximum atomic E-state index is 12.6. The molecule has 0 radical (unpaired) electrons. The van der Waals surface area contributed by atoms with Gasteiger partial charge in [-0.25, -0.2) is 4.21 Å². The molecule has 3 rings (SSSR count). The fourth-order valence-electron chi connectivity index (χ4n) is 1.87. The van der Waals surface area contributed by atoms with Gasteiger partial charge in [0.1, 0.15) is 6.33 Å². The van der Waals surface area contributed by atoms with Gasteiger partial charge in [0.05, 0.1) is 26.4 Å². The lowest BCUT2D eigenvalue weighted by atomic mass is 10.2. The van der Waals surface area contributed by atoms with Gasteiger partial charge in [-0.15, -0.1) is 10.2 Å². The molecule has 0 aliphatic carbocycles. The van der Waals surface area contributed by atoms with E-state index in [1.165, 1.54) is 23.5 Å². The van der Waals surface area contributed by atoms with E-state index in [1.54, 1.807) is 36.0 Å². The molecular weight excluding hydrogens is 292 g/mol. The van der Waals surface area contributed by atoms with Crippen LogP contribution in [0.15, 0.2) is 46.3 Å². The highest BCUT2D eigenvalue weighted by Gasteiger charge is 2.16. The van der Waals surface area contributed by atoms with Crippen molar-refractivity contribution >= 4 is 21.3 Å². The largest absolute Gasteiger partial charge is 0.289 e. The maximum Gasteiger partial charge on any atom is 0.289 e. The highest BCUT2D eigenvalue weighted by atomic mass is 32.2. The van der Waals surface area contributed by atoms with Crippen LogP contribution in [0.1, 0.15) is 10.4 Å². The fraction of sp³-hybridized carbons (Fsp3) is 0.167. The van der Waals surface area contributed by atoms with Gasteiger partial charge in [0.25, 0.3) is 5.91 Å². The summed E-state index contributed by atoms with van der Waals surface area (Å²) in [6, 6.07) is 3.26. The van der Waals surface area contributed by atoms with Crippen LogP contribution in [-0.2, 0) is 16.8 Å². The van der Waals surface area contributed by atoms with E-state index < -0.39 is 15.6 Å². The first-order valence-electron chi connectivity index (χ1n) is 6.01. The van der Waals surface area contributed by atoms with Crippen molar-refractivity contribution in [3.63, 3.8) is 0 Å². The van der Waals surface area contributed by atoms with Crippen LogP contribution in [0.4, 0.5) is 0 Å². The Labute approximate surface area is 120 Å². The Balaban J connectivity index is 2.09. The van der Waals surface area contributed by atoms with E-state index in [1.807, 2.05) is 0 Å². The molecule has 3 aromatic rings. The summed E-state index contributed by atoms with van der Waals surface area (Å²) in [4.78, 5) is 12.7. The number of nitrogens with zero attached hydrogens (tertiary/aromatic N) is 6. The Morgan fingerprint density at radius 2 is 2.24 bits per heavy atom. The number of hydrogen-bond acceptors (Lipinski definition) is 5. The molecular formula is C12H12N6O2S. The third-order valence-corrected chi connectivity index (χ3v) is 4.53. The van der Waals surface area contributed by atoms with Gasteiger partial charge in [0.2, 0.25) is 0 Å². The molecule has 3 aromatic heterocycles. The molecule has 1 amide bonds. The molecule has 0 aliphatic rings. The topological polar surface area (TPSA) is 94.5 Å². The molecule has 0 bridgehead atoms. The summed E-state index contributed by atoms with van der Waals surface area (Å²) in [5.41, 5.74) is 0.640. The van der Waals surface area contributed by atoms with Gasteiger partial charge in [0, 0.05) is 25.7 Å². The molecule has 108 valence electrons. The van der Waals surface area contributed by atoms with Crippen molar-refractivity contribution in [2.75, 3.05) is 6.26 Å². The van der Waals surface area contributed by atoms with E-state index in [-0.39, 0.29) is 5.56 Å². The number of amides is 1. The molecule has 1 unspecified atom stereocenters. The number of pyridine rings is 1. The first kappa shape index (κ1) is 13.4. The number of aryl methyl sites for hydroxylation is 1. The first-order valence-corrected chi connectivity index (χ1v) is 7.93. The molecule has 8 nitrogen and oxygen atoms in total. The molecule has 0 fully saturated rings. The number of fused-ring (bicyclic) bond motifs is 1. The summed E-state index contributed by atoms with van der Waals surface area (Å²) in [5, 5.41) is 11.6. The summed E-state index contributed by atoms with van der Waals surface area (Å²) < 4.78 is 19.5. The summed E-state index contributed by atoms with van der Waals surface area (Å²) in [7, 11) is -1.15. The number of rotatable bonds is 2. The lowest BCUT2D eigenvalue weighted by molar-refractivity contribution is 0.101. The SMILES string of the molecule is Cn1cc(S(C)(=O)=NC(=O)c2cccn3cnnc23)cn1. The minimum atomic E-state index is -2.85. The Hall–Kier alpha value is -2.55. The predicted molar refractivity (Wildman–Crippen MR) is 75.3 cm³/mol. The van der Waals surface area contributed by atoms with Crippen LogP contribution in [0, 0.1) is 0 Å². The number of carbonyl (C=O) groups excluding carboxylic acids is 1. The van der Waals surface area contributed by atoms with Gasteiger partial charge >= 0.3 is 0 Å². The molecule has 0 aliphatic heterocycles. The van der Waals surface area contributed by atoms with Crippen molar-refractivity contribution in [2.24, 2.45) is 11.4 Å². The molecule has 9 heteroatoms. The third-order valence-electron chi connectivity index (χ3n) is 2.93. The molecule has 0 saturated heterocycles. The Kier molecular flexibility index (Phi) is 3.05. The number of carbonyl (C=O) groups is 1. The molecule has 0 spiro atoms. The Morgan fingerprint density at radius 1 is 1.43 bits per heavy atom. The normalized spacial score (nSPS) is 14.0. The van der Waals surface area contributed by atoms with Gasteiger partial charge in [-0.1, -0.05) is 0 Å². The summed E-state index contributed by atoms with van der Waals surface area (Å²) >= 11 is 0. The minimum Gasteiger partial charge on any atom is -0.288 e. The van der Waals surface area contributed by atoms with Crippen molar-refractivity contribution < 1.29 is 9.00 Å². The standard InChI is InChI=1S/C12H12N6O2S/c1-17-7-9(6-14-17)21(2,20)16-12(19)10-4-3-5-18-8-13-15-11(10)18/h3-8H,1-2H3. The summed E-state index contributed by atoms with van der Waals surface area (Å²) in [6.45, 7) is 0. The third kappa shape index (κ3) is 2.42. The van der Waals surface area contributed by atoms with Crippen molar-refractivity contribution in [1.29, 1.82) is 0 Å². The quantitative estimate of drug-likeness (QED) is 0.696. The Bertz CT molecular complexity index is 947. The van der Waals surface area contributed by atoms with Crippen LogP contribution in [0.3, 0.4) is 0 Å². The van der Waals surface area contributed by atoms with Crippen LogP contribution >= 0.6 is 0 Å².